The monoisotopic (exact) mass is 505 g/mol. The van der Waals surface area contributed by atoms with Gasteiger partial charge in [-0.3, -0.25) is 4.79 Å². The highest BCUT2D eigenvalue weighted by atomic mass is 32.2. The van der Waals surface area contributed by atoms with E-state index in [4.69, 9.17) is 0 Å². The molecule has 0 aliphatic rings. The second-order valence-corrected chi connectivity index (χ2v) is 10.4. The van der Waals surface area contributed by atoms with Gasteiger partial charge in [-0.25, -0.2) is 17.8 Å². The van der Waals surface area contributed by atoms with Crippen molar-refractivity contribution >= 4 is 15.7 Å². The third-order valence-corrected chi connectivity index (χ3v) is 7.53. The van der Waals surface area contributed by atoms with Crippen LogP contribution in [-0.2, 0) is 39.9 Å². The number of nitrogens with zero attached hydrogens (tertiary/aromatic N) is 3. The molecule has 6 nitrogen and oxygen atoms in total. The molecule has 0 atom stereocenters. The van der Waals surface area contributed by atoms with Gasteiger partial charge in [-0.2, -0.15) is 0 Å². The zero-order chi connectivity index (χ0) is 25.5. The molecule has 4 rings (SSSR count). The van der Waals surface area contributed by atoms with Crippen LogP contribution in [0.3, 0.4) is 0 Å². The number of amides is 1. The number of likely N-dealkylation sites (N-methyl/N-ethyl adjacent to an activating group) is 1. The van der Waals surface area contributed by atoms with Crippen LogP contribution in [0, 0.1) is 5.82 Å². The van der Waals surface area contributed by atoms with Gasteiger partial charge in [0.2, 0.25) is 20.9 Å². The molecular weight excluding hydrogens is 477 g/mol. The quantitative estimate of drug-likeness (QED) is 0.315. The van der Waals surface area contributed by atoms with Gasteiger partial charge in [0.15, 0.2) is 0 Å². The van der Waals surface area contributed by atoms with E-state index in [1.165, 1.54) is 24.4 Å². The molecule has 1 heterocycles. The highest BCUT2D eigenvalue weighted by Gasteiger charge is 2.26. The Balaban J connectivity index is 1.66. The molecule has 36 heavy (non-hydrogen) atoms. The minimum atomic E-state index is -3.97. The predicted octanol–water partition coefficient (Wildman–Crippen LogP) is 4.64. The van der Waals surface area contributed by atoms with Crippen molar-refractivity contribution in [2.24, 2.45) is 0 Å². The summed E-state index contributed by atoms with van der Waals surface area (Å²) in [6.45, 7) is 2.81. The van der Waals surface area contributed by atoms with Crippen molar-refractivity contribution in [2.45, 2.75) is 37.3 Å². The smallest absolute Gasteiger partial charge is 0.228 e. The minimum absolute atomic E-state index is 0.0630. The fourth-order valence-electron chi connectivity index (χ4n) is 4.04. The summed E-state index contributed by atoms with van der Waals surface area (Å²) in [5, 5.41) is -0.142. The van der Waals surface area contributed by atoms with Crippen molar-refractivity contribution in [3.63, 3.8) is 0 Å². The zero-order valence-corrected chi connectivity index (χ0v) is 20.9. The second-order valence-electron chi connectivity index (χ2n) is 8.52. The van der Waals surface area contributed by atoms with E-state index in [1.54, 1.807) is 15.5 Å². The lowest BCUT2D eigenvalue weighted by Crippen LogP contribution is -2.32. The molecule has 4 aromatic rings. The average Bonchev–Trinajstić information content (AvgIpc) is 3.28. The zero-order valence-electron chi connectivity index (χ0n) is 20.0. The Labute approximate surface area is 211 Å². The van der Waals surface area contributed by atoms with Crippen molar-refractivity contribution in [1.82, 2.24) is 14.5 Å². The molecule has 1 aromatic heterocycles. The summed E-state index contributed by atoms with van der Waals surface area (Å²) in [4.78, 5) is 19.0. The Hall–Kier alpha value is -3.78. The molecule has 0 aliphatic heterocycles. The first kappa shape index (κ1) is 25.3. The van der Waals surface area contributed by atoms with Gasteiger partial charge in [0.05, 0.1) is 37.2 Å². The van der Waals surface area contributed by atoms with E-state index < -0.39 is 21.4 Å². The van der Waals surface area contributed by atoms with E-state index in [2.05, 4.69) is 4.98 Å². The Kier molecular flexibility index (Phi) is 7.95. The maximum absolute atomic E-state index is 14.2. The average molecular weight is 506 g/mol. The second kappa shape index (κ2) is 11.3. The number of halogens is 1. The molecule has 0 spiro atoms. The summed E-state index contributed by atoms with van der Waals surface area (Å²) in [5.41, 5.74) is 2.47. The number of carbonyl (C=O) groups excluding carboxylic acids is 1. The van der Waals surface area contributed by atoms with E-state index in [1.807, 2.05) is 67.6 Å². The van der Waals surface area contributed by atoms with Crippen LogP contribution in [0.1, 0.15) is 29.3 Å². The molecule has 0 saturated heterocycles. The van der Waals surface area contributed by atoms with Crippen LogP contribution in [-0.4, -0.2) is 35.3 Å². The molecule has 8 heteroatoms. The number of sulfone groups is 1. The Bertz CT molecular complexity index is 1420. The third kappa shape index (κ3) is 6.07. The number of aromatic nitrogens is 2. The van der Waals surface area contributed by atoms with Crippen molar-refractivity contribution in [1.29, 1.82) is 0 Å². The van der Waals surface area contributed by atoms with E-state index >= 15 is 0 Å². The number of carbonyl (C=O) groups is 1. The van der Waals surface area contributed by atoms with Crippen molar-refractivity contribution < 1.29 is 17.6 Å². The lowest BCUT2D eigenvalue weighted by atomic mass is 10.1. The van der Waals surface area contributed by atoms with Crippen molar-refractivity contribution in [2.75, 3.05) is 6.54 Å². The molecule has 0 saturated carbocycles. The minimum Gasteiger partial charge on any atom is -0.337 e. The third-order valence-electron chi connectivity index (χ3n) is 5.95. The van der Waals surface area contributed by atoms with Crippen LogP contribution in [0.15, 0.2) is 96.3 Å². The van der Waals surface area contributed by atoms with Crippen LogP contribution in [0.2, 0.25) is 0 Å². The van der Waals surface area contributed by atoms with Gasteiger partial charge in [-0.1, -0.05) is 78.9 Å². The van der Waals surface area contributed by atoms with E-state index in [0.717, 1.165) is 11.1 Å². The van der Waals surface area contributed by atoms with Crippen LogP contribution in [0.4, 0.5) is 4.39 Å². The molecule has 1 amide bonds. The van der Waals surface area contributed by atoms with Gasteiger partial charge < -0.3 is 9.47 Å². The van der Waals surface area contributed by atoms with Crippen LogP contribution >= 0.6 is 0 Å². The summed E-state index contributed by atoms with van der Waals surface area (Å²) in [5.74, 6) is -1.15. The summed E-state index contributed by atoms with van der Waals surface area (Å²) in [7, 11) is -3.97. The summed E-state index contributed by atoms with van der Waals surface area (Å²) in [6, 6.07) is 24.7. The van der Waals surface area contributed by atoms with Crippen LogP contribution < -0.4 is 0 Å². The SMILES string of the molecule is CCN(Cc1cnc(S(=O)(=O)Cc2ccccc2F)n1Cc1ccccc1)C(=O)Cc1ccccc1. The number of imidazole rings is 1. The van der Waals surface area contributed by atoms with Gasteiger partial charge >= 0.3 is 0 Å². The summed E-state index contributed by atoms with van der Waals surface area (Å²) >= 11 is 0. The fourth-order valence-corrected chi connectivity index (χ4v) is 5.54. The molecule has 0 unspecified atom stereocenters. The summed E-state index contributed by atoms with van der Waals surface area (Å²) in [6.07, 6.45) is 1.75. The molecule has 3 aromatic carbocycles. The van der Waals surface area contributed by atoms with Gasteiger partial charge in [0.25, 0.3) is 0 Å². The first-order chi connectivity index (χ1) is 17.4. The molecular formula is C28H28FN3O3S. The molecule has 0 N–H and O–H groups in total. The first-order valence-electron chi connectivity index (χ1n) is 11.7. The summed E-state index contributed by atoms with van der Waals surface area (Å²) < 4.78 is 42.6. The van der Waals surface area contributed by atoms with Crippen molar-refractivity contribution in [3.05, 3.63) is 119 Å². The number of hydrogen-bond acceptors (Lipinski definition) is 4. The Morgan fingerprint density at radius 3 is 2.17 bits per heavy atom. The van der Waals surface area contributed by atoms with Gasteiger partial charge in [-0.05, 0) is 24.1 Å². The molecule has 0 radical (unpaired) electrons. The lowest BCUT2D eigenvalue weighted by molar-refractivity contribution is -0.130. The molecule has 0 bridgehead atoms. The molecule has 0 fully saturated rings. The highest BCUT2D eigenvalue weighted by Crippen LogP contribution is 2.22. The largest absolute Gasteiger partial charge is 0.337 e. The highest BCUT2D eigenvalue weighted by molar-refractivity contribution is 7.90. The first-order valence-corrected chi connectivity index (χ1v) is 13.4. The predicted molar refractivity (Wildman–Crippen MR) is 136 cm³/mol. The lowest BCUT2D eigenvalue weighted by Gasteiger charge is -2.22. The number of benzene rings is 3. The molecule has 186 valence electrons. The van der Waals surface area contributed by atoms with Gasteiger partial charge in [0.1, 0.15) is 5.82 Å². The van der Waals surface area contributed by atoms with E-state index in [0.29, 0.717) is 12.2 Å². The van der Waals surface area contributed by atoms with Crippen molar-refractivity contribution in [3.8, 4) is 0 Å². The van der Waals surface area contributed by atoms with Gasteiger partial charge in [-0.15, -0.1) is 0 Å². The van der Waals surface area contributed by atoms with E-state index in [9.17, 15) is 17.6 Å². The van der Waals surface area contributed by atoms with Gasteiger partial charge in [0, 0.05) is 12.1 Å². The van der Waals surface area contributed by atoms with Crippen LogP contribution in [0.5, 0.6) is 0 Å². The number of rotatable bonds is 10. The Morgan fingerprint density at radius 2 is 1.53 bits per heavy atom. The topological polar surface area (TPSA) is 72.3 Å². The van der Waals surface area contributed by atoms with E-state index in [-0.39, 0.29) is 36.1 Å². The normalized spacial score (nSPS) is 11.4. The molecule has 0 aliphatic carbocycles. The fraction of sp³-hybridized carbons (Fsp3) is 0.214. The number of hydrogen-bond donors (Lipinski definition) is 0. The standard InChI is InChI=1S/C28H28FN3O3S/c1-2-31(27(33)17-22-11-5-3-6-12-22)20-25-18-30-28(32(25)19-23-13-7-4-8-14-23)36(34,35)21-24-15-9-10-16-26(24)29/h3-16,18H,2,17,19-21H2,1H3. The maximum Gasteiger partial charge on any atom is 0.228 e. The Morgan fingerprint density at radius 1 is 0.917 bits per heavy atom. The van der Waals surface area contributed by atoms with Crippen LogP contribution in [0.25, 0.3) is 0 Å². The maximum atomic E-state index is 14.2.